The third kappa shape index (κ3) is 3.00. The highest BCUT2D eigenvalue weighted by Crippen LogP contribution is 2.42. The summed E-state index contributed by atoms with van der Waals surface area (Å²) in [5, 5.41) is 9.26. The van der Waals surface area contributed by atoms with Gasteiger partial charge in [0, 0.05) is 6.42 Å². The van der Waals surface area contributed by atoms with Crippen molar-refractivity contribution in [3.05, 3.63) is 0 Å². The predicted octanol–water partition coefficient (Wildman–Crippen LogP) is -2.30. The number of ether oxygens (including phenoxy) is 1. The number of carbonyl (C=O) groups excluding carboxylic acids is 2. The number of aliphatic hydroxyl groups is 1. The fourth-order valence-corrected chi connectivity index (χ4v) is 3.09. The average Bonchev–Trinajstić information content (AvgIpc) is 2.97. The van der Waals surface area contributed by atoms with E-state index in [1.54, 1.807) is 0 Å². The molecular formula is C10H12N5O8P. The lowest BCUT2D eigenvalue weighted by molar-refractivity contribution is -0.111. The molecule has 1 saturated heterocycles. The molecule has 14 heteroatoms. The number of amides is 3. The van der Waals surface area contributed by atoms with E-state index in [2.05, 4.69) is 19.5 Å². The number of nitrogens with zero attached hydrogens (tertiary/aromatic N) is 4. The van der Waals surface area contributed by atoms with Crippen molar-refractivity contribution in [2.45, 2.75) is 24.9 Å². The third-order valence-electron chi connectivity index (χ3n) is 3.41. The summed E-state index contributed by atoms with van der Waals surface area (Å²) < 4.78 is 20.9. The van der Waals surface area contributed by atoms with Gasteiger partial charge in [0.05, 0.1) is 6.61 Å². The minimum absolute atomic E-state index is 0.170. The van der Waals surface area contributed by atoms with Crippen LogP contribution in [0.2, 0.25) is 0 Å². The Kier molecular flexibility index (Phi) is 4.07. The van der Waals surface area contributed by atoms with Crippen molar-refractivity contribution in [1.29, 1.82) is 0 Å². The van der Waals surface area contributed by atoms with E-state index in [0.29, 0.717) is 0 Å². The van der Waals surface area contributed by atoms with Crippen LogP contribution in [0.5, 0.6) is 0 Å². The van der Waals surface area contributed by atoms with Crippen molar-refractivity contribution >= 4 is 37.3 Å². The zero-order valence-electron chi connectivity index (χ0n) is 11.8. The van der Waals surface area contributed by atoms with Gasteiger partial charge in [-0.15, -0.1) is 0 Å². The number of aliphatic hydroxyl groups excluding tert-OH is 1. The van der Waals surface area contributed by atoms with Crippen LogP contribution in [0, 0.1) is 0 Å². The van der Waals surface area contributed by atoms with E-state index in [1.807, 2.05) is 0 Å². The maximum Gasteiger partial charge on any atom is 0.469 e. The van der Waals surface area contributed by atoms with Gasteiger partial charge in [-0.3, -0.25) is 9.32 Å². The maximum absolute atomic E-state index is 12.0. The van der Waals surface area contributed by atoms with Gasteiger partial charge in [-0.05, 0) is 0 Å². The molecule has 0 aromatic carbocycles. The van der Waals surface area contributed by atoms with Crippen LogP contribution in [0.3, 0.4) is 0 Å². The molecule has 5 N–H and O–H groups in total. The Morgan fingerprint density at radius 2 is 2.04 bits per heavy atom. The molecule has 0 saturated carbocycles. The van der Waals surface area contributed by atoms with Gasteiger partial charge >= 0.3 is 19.8 Å². The summed E-state index contributed by atoms with van der Waals surface area (Å²) in [6.45, 7) is -0.605. The number of rotatable bonds is 4. The van der Waals surface area contributed by atoms with Crippen LogP contribution in [0.4, 0.5) is 4.79 Å². The molecule has 3 aliphatic rings. The molecule has 24 heavy (non-hydrogen) atoms. The predicted molar refractivity (Wildman–Crippen MR) is 76.0 cm³/mol. The molecule has 0 aromatic heterocycles. The largest absolute Gasteiger partial charge is 0.469 e. The van der Waals surface area contributed by atoms with E-state index in [-0.39, 0.29) is 23.9 Å². The highest BCUT2D eigenvalue weighted by atomic mass is 31.2. The first-order valence-corrected chi connectivity index (χ1v) is 8.12. The monoisotopic (exact) mass is 361 g/mol. The first-order valence-electron chi connectivity index (χ1n) is 6.59. The van der Waals surface area contributed by atoms with E-state index in [1.165, 1.54) is 0 Å². The molecule has 3 amide bonds. The molecule has 13 nitrogen and oxygen atoms in total. The van der Waals surface area contributed by atoms with E-state index >= 15 is 0 Å². The van der Waals surface area contributed by atoms with Crippen molar-refractivity contribution in [3.63, 3.8) is 0 Å². The molecule has 0 aromatic rings. The molecule has 0 radical (unpaired) electrons. The van der Waals surface area contributed by atoms with Crippen molar-refractivity contribution in [2.24, 2.45) is 20.7 Å². The number of urea groups is 1. The van der Waals surface area contributed by atoms with Gasteiger partial charge in [0.15, 0.2) is 11.5 Å². The molecule has 3 aliphatic heterocycles. The zero-order valence-corrected chi connectivity index (χ0v) is 12.7. The quantitative estimate of drug-likeness (QED) is 0.398. The summed E-state index contributed by atoms with van der Waals surface area (Å²) in [6.07, 6.45) is -3.56. The van der Waals surface area contributed by atoms with Gasteiger partial charge in [0.25, 0.3) is 0 Å². The van der Waals surface area contributed by atoms with Gasteiger partial charge in [0.1, 0.15) is 18.4 Å². The van der Waals surface area contributed by atoms with Gasteiger partial charge in [-0.1, -0.05) is 0 Å². The van der Waals surface area contributed by atoms with Crippen LogP contribution in [0.15, 0.2) is 15.0 Å². The number of aliphatic imine (C=N–C) groups is 3. The molecule has 3 atom stereocenters. The van der Waals surface area contributed by atoms with Gasteiger partial charge < -0.3 is 25.4 Å². The molecule has 0 unspecified atom stereocenters. The Bertz CT molecular complexity index is 742. The fraction of sp³-hybridized carbons (Fsp3) is 0.500. The van der Waals surface area contributed by atoms with Crippen LogP contribution >= 0.6 is 7.82 Å². The lowest BCUT2D eigenvalue weighted by Gasteiger charge is -2.23. The van der Waals surface area contributed by atoms with E-state index in [4.69, 9.17) is 20.3 Å². The molecule has 130 valence electrons. The van der Waals surface area contributed by atoms with Crippen molar-refractivity contribution < 1.29 is 38.3 Å². The molecule has 1 fully saturated rings. The van der Waals surface area contributed by atoms with Gasteiger partial charge in [-0.2, -0.15) is 15.0 Å². The first-order chi connectivity index (χ1) is 11.2. The molecule has 3 rings (SSSR count). The minimum atomic E-state index is -4.83. The number of phosphoric acid groups is 1. The summed E-state index contributed by atoms with van der Waals surface area (Å²) >= 11 is 0. The number of guanidine groups is 1. The highest BCUT2D eigenvalue weighted by Gasteiger charge is 2.48. The Morgan fingerprint density at radius 1 is 1.33 bits per heavy atom. The number of hydrogen-bond donors (Lipinski definition) is 4. The van der Waals surface area contributed by atoms with E-state index in [0.717, 1.165) is 4.90 Å². The summed E-state index contributed by atoms with van der Waals surface area (Å²) in [4.78, 5) is 53.1. The van der Waals surface area contributed by atoms with Crippen molar-refractivity contribution in [3.8, 4) is 0 Å². The second-order valence-electron chi connectivity index (χ2n) is 5.01. The Labute approximate surface area is 133 Å². The van der Waals surface area contributed by atoms with Crippen LogP contribution in [0.1, 0.15) is 6.42 Å². The number of hydrogen-bond acceptors (Lipinski definition) is 8. The molecule has 0 spiro atoms. The number of nitrogens with two attached hydrogens (primary N) is 1. The smallest absolute Gasteiger partial charge is 0.394 e. The lowest BCUT2D eigenvalue weighted by atomic mass is 10.2. The molecule has 0 bridgehead atoms. The van der Waals surface area contributed by atoms with Crippen LogP contribution in [-0.4, -0.2) is 74.3 Å². The summed E-state index contributed by atoms with van der Waals surface area (Å²) in [5.41, 5.74) is 5.08. The number of carbonyl (C=O) groups is 2. The Hall–Kier alpha value is -2.02. The fourth-order valence-electron chi connectivity index (χ4n) is 2.51. The second kappa shape index (κ2) is 5.81. The number of amidine groups is 1. The first kappa shape index (κ1) is 16.8. The standard InChI is InChI=1S/C10H12N5O8P/c11-9-13-7-6(8(17)14-9)12-10(18)15(7)5-1-3(4(2-16)22-5)23-24(19,20)21/h3-5,16H,1-2H2,(H2,11,14,17)(H2,19,20,21)/t3-,4+,5+/m0/s1. The SMILES string of the molecule is NC1=NC(=O)C2=NC(=O)N([C@H]3C[C@H](OP(=O)(O)O)[C@@H](CO)O3)C2=N1. The van der Waals surface area contributed by atoms with Crippen molar-refractivity contribution in [1.82, 2.24) is 4.90 Å². The van der Waals surface area contributed by atoms with Crippen LogP contribution < -0.4 is 5.73 Å². The number of fused-ring (bicyclic) bond motifs is 1. The topological polar surface area (TPSA) is 197 Å². The zero-order chi connectivity index (χ0) is 17.6. The van der Waals surface area contributed by atoms with Crippen molar-refractivity contribution in [2.75, 3.05) is 6.61 Å². The molecule has 0 aliphatic carbocycles. The lowest BCUT2D eigenvalue weighted by Crippen LogP contribution is -2.45. The highest BCUT2D eigenvalue weighted by molar-refractivity contribution is 7.46. The van der Waals surface area contributed by atoms with Gasteiger partial charge in [-0.25, -0.2) is 14.3 Å². The van der Waals surface area contributed by atoms with Gasteiger partial charge in [0.2, 0.25) is 5.96 Å². The average molecular weight is 361 g/mol. The van der Waals surface area contributed by atoms with E-state index in [9.17, 15) is 19.3 Å². The van der Waals surface area contributed by atoms with E-state index < -0.39 is 44.8 Å². The number of phosphoric ester groups is 1. The normalized spacial score (nSPS) is 30.2. The Balaban J connectivity index is 1.85. The second-order valence-corrected chi connectivity index (χ2v) is 6.20. The summed E-state index contributed by atoms with van der Waals surface area (Å²) in [6, 6.07) is -0.875. The molecule has 3 heterocycles. The van der Waals surface area contributed by atoms with Crippen LogP contribution in [-0.2, 0) is 18.6 Å². The summed E-state index contributed by atoms with van der Waals surface area (Å²) in [7, 11) is -4.83. The maximum atomic E-state index is 12.0. The summed E-state index contributed by atoms with van der Waals surface area (Å²) in [5.74, 6) is -1.38. The Morgan fingerprint density at radius 3 is 2.67 bits per heavy atom. The molecular weight excluding hydrogens is 349 g/mol. The van der Waals surface area contributed by atoms with Crippen LogP contribution in [0.25, 0.3) is 0 Å². The third-order valence-corrected chi connectivity index (χ3v) is 3.96. The minimum Gasteiger partial charge on any atom is -0.394 e.